The Labute approximate surface area is 109 Å². The Bertz CT molecular complexity index is 239. The summed E-state index contributed by atoms with van der Waals surface area (Å²) in [5.41, 5.74) is 0. The van der Waals surface area contributed by atoms with Crippen LogP contribution in [0.15, 0.2) is 0 Å². The largest absolute Gasteiger partial charge is 0.395 e. The molecule has 0 aromatic carbocycles. The van der Waals surface area contributed by atoms with Crippen molar-refractivity contribution in [1.29, 1.82) is 0 Å². The van der Waals surface area contributed by atoms with Gasteiger partial charge in [-0.15, -0.1) is 0 Å². The molecule has 0 spiro atoms. The second-order valence-corrected chi connectivity index (χ2v) is 4.47. The fourth-order valence-corrected chi connectivity index (χ4v) is 2.07. The molecule has 18 heavy (non-hydrogen) atoms. The van der Waals surface area contributed by atoms with E-state index in [4.69, 9.17) is 9.84 Å². The van der Waals surface area contributed by atoms with E-state index in [0.29, 0.717) is 26.2 Å². The fraction of sp³-hybridized carbons (Fsp3) is 0.917. The minimum atomic E-state index is 0.150. The average molecular weight is 259 g/mol. The molecule has 0 atom stereocenters. The highest BCUT2D eigenvalue weighted by Gasteiger charge is 2.18. The van der Waals surface area contributed by atoms with Crippen molar-refractivity contribution in [3.8, 4) is 0 Å². The third-order valence-electron chi connectivity index (χ3n) is 3.12. The zero-order valence-corrected chi connectivity index (χ0v) is 11.2. The maximum Gasteiger partial charge on any atom is 0.236 e. The van der Waals surface area contributed by atoms with Crippen LogP contribution in [0.25, 0.3) is 0 Å². The standard InChI is InChI=1S/C12H25N3O3/c1-18-10-3-13-11-12(17)15-5-2-4-14(6-7-15)8-9-16/h13,16H,2-11H2,1H3. The maximum atomic E-state index is 11.9. The van der Waals surface area contributed by atoms with Gasteiger partial charge in [0, 0.05) is 39.8 Å². The smallest absolute Gasteiger partial charge is 0.236 e. The number of β-amino-alcohol motifs (C(OH)–C–C–N with tert-alkyl or cyclic N) is 1. The molecule has 1 fully saturated rings. The first-order chi connectivity index (χ1) is 8.77. The summed E-state index contributed by atoms with van der Waals surface area (Å²) < 4.78 is 4.91. The van der Waals surface area contributed by atoms with Gasteiger partial charge in [0.2, 0.25) is 5.91 Å². The summed E-state index contributed by atoms with van der Waals surface area (Å²) in [6, 6.07) is 0. The monoisotopic (exact) mass is 259 g/mol. The minimum Gasteiger partial charge on any atom is -0.395 e. The number of aliphatic hydroxyl groups excluding tert-OH is 1. The normalized spacial score (nSPS) is 17.8. The number of hydrogen-bond donors (Lipinski definition) is 2. The van der Waals surface area contributed by atoms with Crippen LogP contribution in [0.2, 0.25) is 0 Å². The van der Waals surface area contributed by atoms with E-state index in [-0.39, 0.29) is 12.5 Å². The average Bonchev–Trinajstić information content (AvgIpc) is 2.61. The molecule has 6 heteroatoms. The number of aliphatic hydroxyl groups is 1. The van der Waals surface area contributed by atoms with E-state index in [2.05, 4.69) is 10.2 Å². The van der Waals surface area contributed by atoms with Crippen molar-refractivity contribution in [3.05, 3.63) is 0 Å². The van der Waals surface area contributed by atoms with Gasteiger partial charge in [0.25, 0.3) is 0 Å². The molecule has 0 bridgehead atoms. The van der Waals surface area contributed by atoms with Crippen LogP contribution < -0.4 is 5.32 Å². The summed E-state index contributed by atoms with van der Waals surface area (Å²) in [5, 5.41) is 12.0. The number of hydrogen-bond acceptors (Lipinski definition) is 5. The van der Waals surface area contributed by atoms with E-state index in [0.717, 1.165) is 32.6 Å². The van der Waals surface area contributed by atoms with Crippen molar-refractivity contribution in [1.82, 2.24) is 15.1 Å². The Morgan fingerprint density at radius 1 is 1.33 bits per heavy atom. The van der Waals surface area contributed by atoms with E-state index >= 15 is 0 Å². The Balaban J connectivity index is 2.22. The van der Waals surface area contributed by atoms with Crippen LogP contribution >= 0.6 is 0 Å². The van der Waals surface area contributed by atoms with Crippen molar-refractivity contribution in [2.24, 2.45) is 0 Å². The third-order valence-corrected chi connectivity index (χ3v) is 3.12. The van der Waals surface area contributed by atoms with Gasteiger partial charge in [0.1, 0.15) is 0 Å². The SMILES string of the molecule is COCCNCC(=O)N1CCCN(CCO)CC1. The lowest BCUT2D eigenvalue weighted by Gasteiger charge is -2.21. The highest BCUT2D eigenvalue weighted by molar-refractivity contribution is 5.78. The highest BCUT2D eigenvalue weighted by Crippen LogP contribution is 2.02. The number of nitrogens with one attached hydrogen (secondary N) is 1. The Morgan fingerprint density at radius 3 is 2.89 bits per heavy atom. The molecule has 0 aromatic rings. The molecule has 1 aliphatic rings. The number of carbonyl (C=O) groups is 1. The molecule has 0 aliphatic carbocycles. The lowest BCUT2D eigenvalue weighted by atomic mass is 10.3. The molecule has 6 nitrogen and oxygen atoms in total. The molecule has 1 saturated heterocycles. The van der Waals surface area contributed by atoms with Gasteiger partial charge in [0.15, 0.2) is 0 Å². The van der Waals surface area contributed by atoms with Gasteiger partial charge in [-0.1, -0.05) is 0 Å². The first-order valence-electron chi connectivity index (χ1n) is 6.58. The van der Waals surface area contributed by atoms with Gasteiger partial charge >= 0.3 is 0 Å². The number of methoxy groups -OCH3 is 1. The number of amides is 1. The van der Waals surface area contributed by atoms with Gasteiger partial charge in [-0.25, -0.2) is 0 Å². The van der Waals surface area contributed by atoms with E-state index < -0.39 is 0 Å². The fourth-order valence-electron chi connectivity index (χ4n) is 2.07. The molecule has 106 valence electrons. The lowest BCUT2D eigenvalue weighted by Crippen LogP contribution is -2.41. The quantitative estimate of drug-likeness (QED) is 0.559. The van der Waals surface area contributed by atoms with Crippen LogP contribution in [0.4, 0.5) is 0 Å². The van der Waals surface area contributed by atoms with Crippen molar-refractivity contribution in [2.45, 2.75) is 6.42 Å². The van der Waals surface area contributed by atoms with Crippen molar-refractivity contribution < 1.29 is 14.6 Å². The molecular formula is C12H25N3O3. The van der Waals surface area contributed by atoms with Crippen LogP contribution in [0.1, 0.15) is 6.42 Å². The predicted molar refractivity (Wildman–Crippen MR) is 69.5 cm³/mol. The molecule has 2 N–H and O–H groups in total. The second-order valence-electron chi connectivity index (χ2n) is 4.47. The summed E-state index contributed by atoms with van der Waals surface area (Å²) in [5.74, 6) is 0.150. The van der Waals surface area contributed by atoms with Gasteiger partial charge in [-0.3, -0.25) is 9.69 Å². The van der Waals surface area contributed by atoms with Gasteiger partial charge < -0.3 is 20.1 Å². The van der Waals surface area contributed by atoms with E-state index in [1.807, 2.05) is 4.90 Å². The summed E-state index contributed by atoms with van der Waals surface area (Å²) in [6.45, 7) is 5.97. The molecule has 1 amide bonds. The number of carbonyl (C=O) groups excluding carboxylic acids is 1. The summed E-state index contributed by atoms with van der Waals surface area (Å²) in [7, 11) is 1.65. The Morgan fingerprint density at radius 2 is 2.17 bits per heavy atom. The Kier molecular flexibility index (Phi) is 7.91. The summed E-state index contributed by atoms with van der Waals surface area (Å²) in [4.78, 5) is 16.0. The van der Waals surface area contributed by atoms with Crippen molar-refractivity contribution in [2.75, 3.05) is 66.1 Å². The minimum absolute atomic E-state index is 0.150. The highest BCUT2D eigenvalue weighted by atomic mass is 16.5. The van der Waals surface area contributed by atoms with Gasteiger partial charge in [-0.05, 0) is 13.0 Å². The van der Waals surface area contributed by atoms with Crippen LogP contribution in [0, 0.1) is 0 Å². The van der Waals surface area contributed by atoms with Gasteiger partial charge in [-0.2, -0.15) is 0 Å². The molecule has 0 unspecified atom stereocenters. The second kappa shape index (κ2) is 9.27. The van der Waals surface area contributed by atoms with Crippen LogP contribution in [-0.4, -0.2) is 87.0 Å². The topological polar surface area (TPSA) is 65.0 Å². The zero-order chi connectivity index (χ0) is 13.2. The molecule has 0 aromatic heterocycles. The molecule has 0 saturated carbocycles. The Hall–Kier alpha value is -0.690. The summed E-state index contributed by atoms with van der Waals surface area (Å²) >= 11 is 0. The predicted octanol–water partition coefficient (Wildman–Crippen LogP) is -1.25. The van der Waals surface area contributed by atoms with Gasteiger partial charge in [0.05, 0.1) is 19.8 Å². The first kappa shape index (κ1) is 15.4. The molecule has 0 radical (unpaired) electrons. The van der Waals surface area contributed by atoms with Crippen molar-refractivity contribution in [3.63, 3.8) is 0 Å². The van der Waals surface area contributed by atoms with Crippen LogP contribution in [0.3, 0.4) is 0 Å². The number of ether oxygens (including phenoxy) is 1. The van der Waals surface area contributed by atoms with E-state index in [9.17, 15) is 4.79 Å². The van der Waals surface area contributed by atoms with E-state index in [1.165, 1.54) is 0 Å². The number of nitrogens with zero attached hydrogens (tertiary/aromatic N) is 2. The molecule has 1 aliphatic heterocycles. The van der Waals surface area contributed by atoms with Crippen molar-refractivity contribution >= 4 is 5.91 Å². The summed E-state index contributed by atoms with van der Waals surface area (Å²) in [6.07, 6.45) is 0.976. The molecule has 1 rings (SSSR count). The van der Waals surface area contributed by atoms with Crippen LogP contribution in [0.5, 0.6) is 0 Å². The van der Waals surface area contributed by atoms with Crippen LogP contribution in [-0.2, 0) is 9.53 Å². The lowest BCUT2D eigenvalue weighted by molar-refractivity contribution is -0.130. The first-order valence-corrected chi connectivity index (χ1v) is 6.58. The zero-order valence-electron chi connectivity index (χ0n) is 11.2. The number of rotatable bonds is 7. The third kappa shape index (κ3) is 5.77. The molecule has 1 heterocycles. The maximum absolute atomic E-state index is 11.9. The molecular weight excluding hydrogens is 234 g/mol. The van der Waals surface area contributed by atoms with E-state index in [1.54, 1.807) is 7.11 Å².